The second-order valence-electron chi connectivity index (χ2n) is 5.06. The van der Waals surface area contributed by atoms with Gasteiger partial charge in [0, 0.05) is 37.2 Å². The van der Waals surface area contributed by atoms with Gasteiger partial charge in [-0.25, -0.2) is 0 Å². The number of likely N-dealkylation sites (N-methyl/N-ethyl adjacent to an activating group) is 1. The van der Waals surface area contributed by atoms with Gasteiger partial charge >= 0.3 is 0 Å². The van der Waals surface area contributed by atoms with Crippen LogP contribution in [-0.4, -0.2) is 48.3 Å². The van der Waals surface area contributed by atoms with Crippen LogP contribution < -0.4 is 5.32 Å². The zero-order valence-electron chi connectivity index (χ0n) is 9.69. The van der Waals surface area contributed by atoms with E-state index in [1.54, 1.807) is 0 Å². The Morgan fingerprint density at radius 3 is 2.73 bits per heavy atom. The highest BCUT2D eigenvalue weighted by Crippen LogP contribution is 2.21. The Morgan fingerprint density at radius 2 is 2.20 bits per heavy atom. The Kier molecular flexibility index (Phi) is 3.44. The Hall–Kier alpha value is -0.380. The molecular formula is C12H22N2O. The van der Waals surface area contributed by atoms with Crippen molar-refractivity contribution in [2.45, 2.75) is 37.9 Å². The SMILES string of the molecule is CC1CC(N[C@@H]2C=C[C@H](CO)C2)CN1C. The molecule has 0 amide bonds. The van der Waals surface area contributed by atoms with Crippen molar-refractivity contribution >= 4 is 0 Å². The third kappa shape index (κ3) is 2.60. The highest BCUT2D eigenvalue weighted by Gasteiger charge is 2.28. The number of aliphatic hydroxyl groups is 1. The lowest BCUT2D eigenvalue weighted by atomic mass is 10.1. The van der Waals surface area contributed by atoms with E-state index in [4.69, 9.17) is 5.11 Å². The molecule has 2 rings (SSSR count). The molecule has 15 heavy (non-hydrogen) atoms. The first-order chi connectivity index (χ1) is 7.19. The van der Waals surface area contributed by atoms with E-state index in [0.29, 0.717) is 24.0 Å². The summed E-state index contributed by atoms with van der Waals surface area (Å²) in [5, 5.41) is 12.7. The smallest absolute Gasteiger partial charge is 0.0494 e. The highest BCUT2D eigenvalue weighted by molar-refractivity contribution is 5.07. The van der Waals surface area contributed by atoms with E-state index in [1.165, 1.54) is 6.42 Å². The quantitative estimate of drug-likeness (QED) is 0.670. The number of hydrogen-bond acceptors (Lipinski definition) is 3. The van der Waals surface area contributed by atoms with Gasteiger partial charge in [0.05, 0.1) is 0 Å². The number of rotatable bonds is 3. The maximum atomic E-state index is 9.04. The van der Waals surface area contributed by atoms with E-state index < -0.39 is 0 Å². The van der Waals surface area contributed by atoms with E-state index in [9.17, 15) is 0 Å². The van der Waals surface area contributed by atoms with Crippen molar-refractivity contribution in [1.82, 2.24) is 10.2 Å². The molecule has 2 unspecified atom stereocenters. The van der Waals surface area contributed by atoms with Crippen LogP contribution >= 0.6 is 0 Å². The zero-order valence-corrected chi connectivity index (χ0v) is 9.69. The summed E-state index contributed by atoms with van der Waals surface area (Å²) >= 11 is 0. The molecule has 0 saturated carbocycles. The van der Waals surface area contributed by atoms with Gasteiger partial charge in [-0.1, -0.05) is 12.2 Å². The van der Waals surface area contributed by atoms with Crippen molar-refractivity contribution in [3.8, 4) is 0 Å². The molecule has 1 fully saturated rings. The van der Waals surface area contributed by atoms with Gasteiger partial charge in [-0.05, 0) is 26.8 Å². The molecule has 1 aliphatic heterocycles. The van der Waals surface area contributed by atoms with Gasteiger partial charge in [-0.2, -0.15) is 0 Å². The second-order valence-corrected chi connectivity index (χ2v) is 5.06. The van der Waals surface area contributed by atoms with Crippen molar-refractivity contribution in [1.29, 1.82) is 0 Å². The molecule has 1 saturated heterocycles. The summed E-state index contributed by atoms with van der Waals surface area (Å²) in [4.78, 5) is 2.40. The van der Waals surface area contributed by atoms with E-state index in [0.717, 1.165) is 13.0 Å². The van der Waals surface area contributed by atoms with Gasteiger partial charge in [0.25, 0.3) is 0 Å². The summed E-state index contributed by atoms with van der Waals surface area (Å²) in [6, 6.07) is 1.80. The summed E-state index contributed by atoms with van der Waals surface area (Å²) in [5.41, 5.74) is 0. The molecule has 2 N–H and O–H groups in total. The van der Waals surface area contributed by atoms with Crippen LogP contribution in [0, 0.1) is 5.92 Å². The normalized spacial score (nSPS) is 41.5. The molecule has 3 nitrogen and oxygen atoms in total. The molecule has 0 aromatic heterocycles. The van der Waals surface area contributed by atoms with Gasteiger partial charge < -0.3 is 15.3 Å². The molecule has 0 spiro atoms. The predicted octanol–water partition coefficient (Wildman–Crippen LogP) is 0.606. The van der Waals surface area contributed by atoms with Gasteiger partial charge in [0.1, 0.15) is 0 Å². The Labute approximate surface area is 92.2 Å². The van der Waals surface area contributed by atoms with Crippen molar-refractivity contribution < 1.29 is 5.11 Å². The minimum absolute atomic E-state index is 0.287. The van der Waals surface area contributed by atoms with Crippen molar-refractivity contribution in [2.75, 3.05) is 20.2 Å². The molecule has 0 bridgehead atoms. The first-order valence-corrected chi connectivity index (χ1v) is 5.94. The van der Waals surface area contributed by atoms with Crippen LogP contribution in [0.1, 0.15) is 19.8 Å². The number of nitrogens with zero attached hydrogens (tertiary/aromatic N) is 1. The first-order valence-electron chi connectivity index (χ1n) is 5.94. The Bertz CT molecular complexity index is 232. The van der Waals surface area contributed by atoms with Crippen LogP contribution in [0.2, 0.25) is 0 Å². The topological polar surface area (TPSA) is 35.5 Å². The summed E-state index contributed by atoms with van der Waals surface area (Å²) in [6.07, 6.45) is 6.65. The van der Waals surface area contributed by atoms with E-state index in [1.807, 2.05) is 0 Å². The summed E-state index contributed by atoms with van der Waals surface area (Å²) in [7, 11) is 2.19. The minimum atomic E-state index is 0.287. The first kappa shape index (κ1) is 11.1. The highest BCUT2D eigenvalue weighted by atomic mass is 16.3. The van der Waals surface area contributed by atoms with Gasteiger partial charge in [-0.15, -0.1) is 0 Å². The third-order valence-corrected chi connectivity index (χ3v) is 3.74. The lowest BCUT2D eigenvalue weighted by molar-refractivity contribution is 0.244. The maximum Gasteiger partial charge on any atom is 0.0494 e. The maximum absolute atomic E-state index is 9.04. The van der Waals surface area contributed by atoms with Gasteiger partial charge in [-0.3, -0.25) is 0 Å². The summed E-state index contributed by atoms with van der Waals surface area (Å²) < 4.78 is 0. The summed E-state index contributed by atoms with van der Waals surface area (Å²) in [5.74, 6) is 0.374. The third-order valence-electron chi connectivity index (χ3n) is 3.74. The average Bonchev–Trinajstić information content (AvgIpc) is 2.76. The molecule has 4 atom stereocenters. The zero-order chi connectivity index (χ0) is 10.8. The molecule has 1 aliphatic carbocycles. The Morgan fingerprint density at radius 1 is 1.40 bits per heavy atom. The van der Waals surface area contributed by atoms with Crippen LogP contribution in [0.4, 0.5) is 0 Å². The molecule has 3 heteroatoms. The van der Waals surface area contributed by atoms with Crippen LogP contribution in [0.5, 0.6) is 0 Å². The fourth-order valence-corrected chi connectivity index (χ4v) is 2.65. The Balaban J connectivity index is 1.77. The standard InChI is InChI=1S/C12H22N2O/c1-9-5-12(7-14(9)2)13-11-4-3-10(6-11)8-15/h3-4,9-13,15H,5-8H2,1-2H3/t9?,10-,11+,12?/m0/s1. The summed E-state index contributed by atoms with van der Waals surface area (Å²) in [6.45, 7) is 3.72. The number of aliphatic hydroxyl groups excluding tert-OH is 1. The second kappa shape index (κ2) is 4.64. The minimum Gasteiger partial charge on any atom is -0.396 e. The molecule has 86 valence electrons. The fraction of sp³-hybridized carbons (Fsp3) is 0.833. The van der Waals surface area contributed by atoms with Crippen molar-refractivity contribution in [3.63, 3.8) is 0 Å². The van der Waals surface area contributed by atoms with Crippen LogP contribution in [0.25, 0.3) is 0 Å². The van der Waals surface area contributed by atoms with Gasteiger partial charge in [0.15, 0.2) is 0 Å². The van der Waals surface area contributed by atoms with E-state index in [-0.39, 0.29) is 6.61 Å². The number of hydrogen-bond donors (Lipinski definition) is 2. The van der Waals surface area contributed by atoms with Crippen LogP contribution in [0.3, 0.4) is 0 Å². The predicted molar refractivity (Wildman–Crippen MR) is 61.8 cm³/mol. The lowest BCUT2D eigenvalue weighted by Gasteiger charge is -2.18. The van der Waals surface area contributed by atoms with Crippen LogP contribution in [-0.2, 0) is 0 Å². The molecule has 0 radical (unpaired) electrons. The molecular weight excluding hydrogens is 188 g/mol. The average molecular weight is 210 g/mol. The van der Waals surface area contributed by atoms with Crippen molar-refractivity contribution in [3.05, 3.63) is 12.2 Å². The van der Waals surface area contributed by atoms with Gasteiger partial charge in [0.2, 0.25) is 0 Å². The number of nitrogens with one attached hydrogen (secondary N) is 1. The number of likely N-dealkylation sites (tertiary alicyclic amines) is 1. The lowest BCUT2D eigenvalue weighted by Crippen LogP contribution is -2.38. The molecule has 0 aromatic rings. The van der Waals surface area contributed by atoms with Crippen LogP contribution in [0.15, 0.2) is 12.2 Å². The van der Waals surface area contributed by atoms with E-state index >= 15 is 0 Å². The molecule has 0 aromatic carbocycles. The monoisotopic (exact) mass is 210 g/mol. The fourth-order valence-electron chi connectivity index (χ4n) is 2.65. The van der Waals surface area contributed by atoms with Crippen molar-refractivity contribution in [2.24, 2.45) is 5.92 Å². The molecule has 2 aliphatic rings. The largest absolute Gasteiger partial charge is 0.396 e. The molecule has 1 heterocycles. The van der Waals surface area contributed by atoms with E-state index in [2.05, 4.69) is 36.3 Å².